The Morgan fingerprint density at radius 1 is 1.10 bits per heavy atom. The first-order chi connectivity index (χ1) is 9.33. The van der Waals surface area contributed by atoms with Gasteiger partial charge in [-0.1, -0.05) is 42.5 Å². The molecule has 4 heteroatoms. The van der Waals surface area contributed by atoms with Gasteiger partial charge >= 0.3 is 51.4 Å². The van der Waals surface area contributed by atoms with Gasteiger partial charge in [-0.2, -0.15) is 5.26 Å². The van der Waals surface area contributed by atoms with Crippen molar-refractivity contribution in [3.05, 3.63) is 72.0 Å². The second kappa shape index (κ2) is 8.96. The molecule has 0 amide bonds. The molecular formula is C16H12KNO2. The van der Waals surface area contributed by atoms with Crippen LogP contribution in [0.3, 0.4) is 0 Å². The summed E-state index contributed by atoms with van der Waals surface area (Å²) in [6.45, 7) is 0.489. The topological polar surface area (TPSA) is 56.1 Å². The Kier molecular flexibility index (Phi) is 7.59. The third-order valence-corrected chi connectivity index (χ3v) is 2.65. The number of hydrogen-bond donors (Lipinski definition) is 0. The van der Waals surface area contributed by atoms with E-state index in [-0.39, 0.29) is 57.0 Å². The zero-order valence-corrected chi connectivity index (χ0v) is 14.4. The van der Waals surface area contributed by atoms with Crippen molar-refractivity contribution >= 4 is 5.57 Å². The normalized spacial score (nSPS) is 10.2. The summed E-state index contributed by atoms with van der Waals surface area (Å²) < 4.78 is 5.61. The van der Waals surface area contributed by atoms with Crippen molar-refractivity contribution < 1.29 is 61.2 Å². The average molecular weight is 289 g/mol. The molecule has 0 aliphatic carbocycles. The Bertz CT molecular complexity index is 601. The van der Waals surface area contributed by atoms with Crippen LogP contribution in [0, 0.1) is 11.3 Å². The van der Waals surface area contributed by atoms with Gasteiger partial charge in [0.25, 0.3) is 0 Å². The molecule has 0 heterocycles. The predicted molar refractivity (Wildman–Crippen MR) is 70.8 cm³/mol. The largest absolute Gasteiger partial charge is 1.00 e. The van der Waals surface area contributed by atoms with Crippen LogP contribution in [-0.2, 0) is 6.61 Å². The van der Waals surface area contributed by atoms with Gasteiger partial charge in [0.15, 0.2) is 0 Å². The smallest absolute Gasteiger partial charge is 0.877 e. The number of hydrogen-bond acceptors (Lipinski definition) is 3. The number of benzene rings is 2. The monoisotopic (exact) mass is 289 g/mol. The van der Waals surface area contributed by atoms with Crippen molar-refractivity contribution in [1.29, 1.82) is 5.26 Å². The van der Waals surface area contributed by atoms with E-state index in [4.69, 9.17) is 10.00 Å². The summed E-state index contributed by atoms with van der Waals surface area (Å²) in [4.78, 5) is 0. The molecule has 0 bridgehead atoms. The van der Waals surface area contributed by atoms with Crippen LogP contribution < -0.4 is 61.2 Å². The number of rotatable bonds is 4. The summed E-state index contributed by atoms with van der Waals surface area (Å²) in [7, 11) is 0. The molecule has 0 atom stereocenters. The van der Waals surface area contributed by atoms with E-state index >= 15 is 0 Å². The Labute approximate surface area is 160 Å². The fourth-order valence-corrected chi connectivity index (χ4v) is 1.63. The fourth-order valence-electron chi connectivity index (χ4n) is 1.63. The first kappa shape index (κ1) is 17.0. The Morgan fingerprint density at radius 2 is 1.75 bits per heavy atom. The van der Waals surface area contributed by atoms with E-state index in [1.165, 1.54) is 0 Å². The van der Waals surface area contributed by atoms with E-state index in [9.17, 15) is 5.11 Å². The van der Waals surface area contributed by atoms with Gasteiger partial charge in [-0.3, -0.25) is 0 Å². The Hall–Kier alpha value is -1.09. The van der Waals surface area contributed by atoms with E-state index in [0.717, 1.165) is 5.56 Å². The third-order valence-electron chi connectivity index (χ3n) is 2.65. The maximum absolute atomic E-state index is 10.6. The summed E-state index contributed by atoms with van der Waals surface area (Å²) in [5, 5.41) is 19.4. The molecule has 0 aliphatic heterocycles. The van der Waals surface area contributed by atoms with Crippen LogP contribution >= 0.6 is 0 Å². The molecule has 0 unspecified atom stereocenters. The molecule has 94 valence electrons. The number of allylic oxidation sites excluding steroid dienone is 1. The van der Waals surface area contributed by atoms with Crippen LogP contribution in [0.4, 0.5) is 0 Å². The summed E-state index contributed by atoms with van der Waals surface area (Å²) in [6, 6.07) is 18.6. The Balaban J connectivity index is 0.00000200. The van der Waals surface area contributed by atoms with Gasteiger partial charge in [0.05, 0.1) is 6.07 Å². The molecule has 2 aromatic rings. The molecule has 0 radical (unpaired) electrons. The van der Waals surface area contributed by atoms with Crippen LogP contribution in [-0.4, -0.2) is 0 Å². The molecule has 2 aromatic carbocycles. The SMILES string of the molecule is N#CC(=C[O-])c1ccc(OCc2ccccc2)cc1.[K+]. The summed E-state index contributed by atoms with van der Waals surface area (Å²) in [5.41, 5.74) is 1.81. The van der Waals surface area contributed by atoms with Gasteiger partial charge in [0, 0.05) is 5.57 Å². The van der Waals surface area contributed by atoms with Crippen molar-refractivity contribution in [1.82, 2.24) is 0 Å². The van der Waals surface area contributed by atoms with Gasteiger partial charge in [0.1, 0.15) is 12.4 Å². The second-order valence-corrected chi connectivity index (χ2v) is 3.94. The zero-order chi connectivity index (χ0) is 13.5. The molecule has 0 saturated heterocycles. The number of nitriles is 1. The zero-order valence-electron chi connectivity index (χ0n) is 11.2. The molecule has 0 N–H and O–H groups in total. The molecule has 2 rings (SSSR count). The molecule has 0 aliphatic rings. The van der Waals surface area contributed by atoms with Crippen LogP contribution in [0.1, 0.15) is 11.1 Å². The van der Waals surface area contributed by atoms with Gasteiger partial charge in [-0.25, -0.2) is 0 Å². The predicted octanol–water partition coefficient (Wildman–Crippen LogP) is -0.506. The van der Waals surface area contributed by atoms with E-state index < -0.39 is 0 Å². The van der Waals surface area contributed by atoms with Gasteiger partial charge < -0.3 is 9.84 Å². The molecular weight excluding hydrogens is 277 g/mol. The molecule has 0 fully saturated rings. The molecule has 20 heavy (non-hydrogen) atoms. The number of nitrogens with zero attached hydrogens (tertiary/aromatic N) is 1. The van der Waals surface area contributed by atoms with Crippen LogP contribution in [0.25, 0.3) is 5.57 Å². The molecule has 3 nitrogen and oxygen atoms in total. The van der Waals surface area contributed by atoms with Gasteiger partial charge in [0.2, 0.25) is 0 Å². The minimum atomic E-state index is 0. The first-order valence-electron chi connectivity index (χ1n) is 5.83. The van der Waals surface area contributed by atoms with Crippen molar-refractivity contribution in [3.8, 4) is 11.8 Å². The quantitative estimate of drug-likeness (QED) is 0.433. The Morgan fingerprint density at radius 3 is 2.30 bits per heavy atom. The van der Waals surface area contributed by atoms with E-state index in [2.05, 4.69) is 0 Å². The summed E-state index contributed by atoms with van der Waals surface area (Å²) in [5.74, 6) is 0.704. The van der Waals surface area contributed by atoms with Gasteiger partial charge in [-0.05, 0) is 23.3 Å². The van der Waals surface area contributed by atoms with E-state index in [1.54, 1.807) is 24.3 Å². The molecule has 0 spiro atoms. The first-order valence-corrected chi connectivity index (χ1v) is 5.83. The fraction of sp³-hybridized carbons (Fsp3) is 0.0625. The summed E-state index contributed by atoms with van der Waals surface area (Å²) in [6.07, 6.45) is 0.555. The average Bonchev–Trinajstić information content (AvgIpc) is 2.49. The third kappa shape index (κ3) is 4.78. The van der Waals surface area contributed by atoms with Crippen molar-refractivity contribution in [3.63, 3.8) is 0 Å². The van der Waals surface area contributed by atoms with Crippen molar-refractivity contribution in [2.24, 2.45) is 0 Å². The second-order valence-electron chi connectivity index (χ2n) is 3.94. The summed E-state index contributed by atoms with van der Waals surface area (Å²) >= 11 is 0. The van der Waals surface area contributed by atoms with E-state index in [1.807, 2.05) is 36.4 Å². The van der Waals surface area contributed by atoms with Crippen molar-refractivity contribution in [2.75, 3.05) is 0 Å². The van der Waals surface area contributed by atoms with Gasteiger partial charge in [-0.15, -0.1) is 6.26 Å². The van der Waals surface area contributed by atoms with Crippen LogP contribution in [0.15, 0.2) is 60.9 Å². The van der Waals surface area contributed by atoms with Crippen molar-refractivity contribution in [2.45, 2.75) is 6.61 Å². The number of ether oxygens (including phenoxy) is 1. The van der Waals surface area contributed by atoms with E-state index in [0.29, 0.717) is 24.2 Å². The minimum Gasteiger partial charge on any atom is -0.877 e. The molecule has 0 aromatic heterocycles. The minimum absolute atomic E-state index is 0. The maximum Gasteiger partial charge on any atom is 1.00 e. The maximum atomic E-state index is 10.6. The standard InChI is InChI=1S/C16H13NO2.K/c17-10-15(11-18)14-6-8-16(9-7-14)19-12-13-4-2-1-3-5-13;/h1-9,11,18H,12H2;/q;+1/p-1. The van der Waals surface area contributed by atoms with Crippen LogP contribution in [0.5, 0.6) is 5.75 Å². The molecule has 0 saturated carbocycles. The van der Waals surface area contributed by atoms with Crippen LogP contribution in [0.2, 0.25) is 0 Å².